The highest BCUT2D eigenvalue weighted by Crippen LogP contribution is 2.64. The Morgan fingerprint density at radius 1 is 0.586 bits per heavy atom. The molecule has 12 unspecified atom stereocenters. The van der Waals surface area contributed by atoms with E-state index in [-0.39, 0.29) is 75.4 Å². The van der Waals surface area contributed by atoms with Crippen LogP contribution in [0.3, 0.4) is 0 Å². The normalized spacial score (nSPS) is 34.8. The first-order valence-corrected chi connectivity index (χ1v) is 33.8. The highest BCUT2D eigenvalue weighted by Gasteiger charge is 2.67. The number of carbonyl (C=O) groups is 7. The van der Waals surface area contributed by atoms with E-state index in [0.29, 0.717) is 60.5 Å². The first kappa shape index (κ1) is 69.3. The highest BCUT2D eigenvalue weighted by atomic mass is 32.2. The molecule has 0 spiro atoms. The van der Waals surface area contributed by atoms with E-state index in [9.17, 15) is 50.4 Å². The molecular formula is C65H94O20S2. The Kier molecular flexibility index (Phi) is 21.3. The van der Waals surface area contributed by atoms with Crippen LogP contribution >= 0.6 is 0 Å². The van der Waals surface area contributed by atoms with Crippen molar-refractivity contribution in [2.45, 2.75) is 243 Å². The van der Waals surface area contributed by atoms with Gasteiger partial charge in [-0.2, -0.15) is 16.8 Å². The Balaban J connectivity index is 0.000000157. The van der Waals surface area contributed by atoms with E-state index in [1.165, 1.54) is 84.5 Å². The van der Waals surface area contributed by atoms with Gasteiger partial charge in [-0.25, -0.2) is 28.8 Å². The van der Waals surface area contributed by atoms with Crippen LogP contribution in [0.25, 0.3) is 0 Å². The molecule has 87 heavy (non-hydrogen) atoms. The van der Waals surface area contributed by atoms with Crippen molar-refractivity contribution < 1.29 is 91.9 Å². The molecule has 3 aliphatic heterocycles. The summed E-state index contributed by atoms with van der Waals surface area (Å²) in [4.78, 5) is 80.6. The van der Waals surface area contributed by atoms with Gasteiger partial charge in [0.2, 0.25) is 0 Å². The second-order valence-electron chi connectivity index (χ2n) is 28.1. The van der Waals surface area contributed by atoms with Crippen molar-refractivity contribution in [1.82, 2.24) is 0 Å². The molecule has 12 aliphatic rings. The van der Waals surface area contributed by atoms with Gasteiger partial charge < -0.3 is 33.2 Å². The van der Waals surface area contributed by atoms with Gasteiger partial charge in [0.25, 0.3) is 20.2 Å². The van der Waals surface area contributed by atoms with Gasteiger partial charge in [-0.1, -0.05) is 52.2 Å². The smallest absolute Gasteiger partial charge is 0.347 e. The third-order valence-corrected chi connectivity index (χ3v) is 23.6. The molecule has 0 aromatic heterocycles. The molecule has 9 saturated carbocycles. The molecule has 12 rings (SSSR count). The molecule has 20 nitrogen and oxygen atoms in total. The average molecular weight is 1260 g/mol. The fourth-order valence-electron chi connectivity index (χ4n) is 15.6. The molecule has 22 heteroatoms. The van der Waals surface area contributed by atoms with Crippen molar-refractivity contribution in [3.8, 4) is 0 Å². The van der Waals surface area contributed by atoms with E-state index in [1.54, 1.807) is 34.6 Å². The van der Waals surface area contributed by atoms with Crippen LogP contribution in [-0.4, -0.2) is 123 Å². The fraction of sp³-hybridized carbons (Fsp3) is 0.738. The van der Waals surface area contributed by atoms with Crippen molar-refractivity contribution in [3.63, 3.8) is 0 Å². The zero-order valence-electron chi connectivity index (χ0n) is 52.9. The third-order valence-electron chi connectivity index (χ3n) is 20.0. The lowest BCUT2D eigenvalue weighted by molar-refractivity contribution is -0.195. The summed E-state index contributed by atoms with van der Waals surface area (Å²) in [5.74, 6) is 0.0871. The molecule has 12 atom stereocenters. The first-order valence-electron chi connectivity index (χ1n) is 30.9. The van der Waals surface area contributed by atoms with Gasteiger partial charge in [0.05, 0.1) is 23.5 Å². The minimum Gasteiger partial charge on any atom is -0.465 e. The van der Waals surface area contributed by atoms with Crippen molar-refractivity contribution in [2.75, 3.05) is 6.61 Å². The zero-order chi connectivity index (χ0) is 64.7. The minimum absolute atomic E-state index is 0.00733. The number of fused-ring (bicyclic) bond motifs is 2. The summed E-state index contributed by atoms with van der Waals surface area (Å²) < 4.78 is 94.0. The summed E-state index contributed by atoms with van der Waals surface area (Å²) in [5, 5.41) is -0.839. The maximum Gasteiger partial charge on any atom is 0.347 e. The minimum atomic E-state index is -3.54. The summed E-state index contributed by atoms with van der Waals surface area (Å²) in [6.07, 6.45) is 14.2. The van der Waals surface area contributed by atoms with E-state index in [2.05, 4.69) is 46.7 Å². The SMILES string of the molecule is C=C(C)C(=O)OC(C)(C)C12CC3CC(CC(C3)C1)C2.C=C(C)C(=O)OC(C)(C)C1CCCCC1.C=C(C)C(=O)OC(C)C(=O)OC1C2CC3C1OS(=O)(=O)C3C2.C=C(C)C(=O)OC1(C)CCOC(=O)C1.C=C(C)C(=O)OC1C2CC3C1OS(=O)(=O)C3C2. The number of hydrogen-bond donors (Lipinski definition) is 0. The summed E-state index contributed by atoms with van der Waals surface area (Å²) in [6, 6.07) is 0. The molecule has 3 heterocycles. The summed E-state index contributed by atoms with van der Waals surface area (Å²) >= 11 is 0. The fourth-order valence-corrected chi connectivity index (χ4v) is 19.3. The lowest BCUT2D eigenvalue weighted by Gasteiger charge is -2.61. The van der Waals surface area contributed by atoms with Gasteiger partial charge in [0, 0.05) is 63.4 Å². The molecule has 0 radical (unpaired) electrons. The van der Waals surface area contributed by atoms with Gasteiger partial charge in [-0.05, 0) is 177 Å². The Morgan fingerprint density at radius 3 is 1.46 bits per heavy atom. The lowest BCUT2D eigenvalue weighted by atomic mass is 9.46. The monoisotopic (exact) mass is 1260 g/mol. The van der Waals surface area contributed by atoms with Crippen molar-refractivity contribution in [3.05, 3.63) is 60.8 Å². The molecule has 8 bridgehead atoms. The van der Waals surface area contributed by atoms with E-state index in [0.717, 1.165) is 24.2 Å². The van der Waals surface area contributed by atoms with Gasteiger partial charge in [-0.15, -0.1) is 0 Å². The number of esters is 7. The second kappa shape index (κ2) is 26.7. The van der Waals surface area contributed by atoms with E-state index < -0.39 is 85.5 Å². The zero-order valence-corrected chi connectivity index (χ0v) is 54.5. The Labute approximate surface area is 514 Å². The summed E-state index contributed by atoms with van der Waals surface area (Å²) in [6.45, 7) is 37.5. The van der Waals surface area contributed by atoms with Crippen LogP contribution in [0, 0.1) is 52.8 Å². The van der Waals surface area contributed by atoms with Crippen LogP contribution in [0.4, 0.5) is 0 Å². The van der Waals surface area contributed by atoms with Crippen LogP contribution in [-0.2, 0) is 95.3 Å². The van der Waals surface area contributed by atoms with Crippen molar-refractivity contribution >= 4 is 62.0 Å². The van der Waals surface area contributed by atoms with Gasteiger partial charge >= 0.3 is 41.8 Å². The van der Waals surface area contributed by atoms with Crippen LogP contribution in [0.5, 0.6) is 0 Å². The third kappa shape index (κ3) is 15.9. The molecule has 9 aliphatic carbocycles. The summed E-state index contributed by atoms with van der Waals surface area (Å²) in [7, 11) is -6.97. The lowest BCUT2D eigenvalue weighted by Crippen LogP contribution is -2.57. The average Bonchev–Trinajstić information content (AvgIpc) is 1.70. The molecule has 0 amide bonds. The van der Waals surface area contributed by atoms with Gasteiger partial charge in [0.15, 0.2) is 6.10 Å². The number of cyclic esters (lactones) is 1. The van der Waals surface area contributed by atoms with E-state index >= 15 is 0 Å². The van der Waals surface area contributed by atoms with E-state index in [1.807, 2.05) is 13.8 Å². The standard InChI is InChI=1S/C17H26O2.C14H18O7S.C13H22O2.C11H14O5S.C10H14O4/c1-11(2)15(18)19-16(3,4)17-8-12-5-13(9-17)7-14(6-12)10-17;1-6(2)13(15)19-7(3)14(16)20-11-8-4-9-10(5-8)22(17,18)21-12(9)11;1-10(2)12(14)15-13(3,4)11-8-6-5-7-9-11;1-5(2)11(12)15-9-6-3-7-8(4-6)17(13,14)16-10(7)9;1-7(2)9(12)14-10(3)4-5-13-8(11)6-10/h12-14H,1,5-10H2,2-4H3;7-12H,1,4-5H2,2-3H3;11H,1,5-9H2,2-4H3;6-10H,1,3-4H2,2H3;1,4-6H2,2-3H3. The van der Waals surface area contributed by atoms with Crippen LogP contribution in [0.1, 0.15) is 185 Å². The Morgan fingerprint density at radius 2 is 1.02 bits per heavy atom. The van der Waals surface area contributed by atoms with Crippen molar-refractivity contribution in [2.24, 2.45) is 52.8 Å². The molecule has 12 fully saturated rings. The highest BCUT2D eigenvalue weighted by molar-refractivity contribution is 7.88. The van der Waals surface area contributed by atoms with Crippen molar-refractivity contribution in [1.29, 1.82) is 0 Å². The van der Waals surface area contributed by atoms with Gasteiger partial charge in [-0.3, -0.25) is 13.2 Å². The quantitative estimate of drug-likeness (QED) is 0.0677. The molecular weight excluding hydrogens is 1160 g/mol. The Bertz CT molecular complexity index is 2950. The second-order valence-corrected chi connectivity index (χ2v) is 31.7. The predicted octanol–water partition coefficient (Wildman–Crippen LogP) is 9.92. The molecule has 3 saturated heterocycles. The molecule has 0 aromatic rings. The maximum absolute atomic E-state index is 12.0. The number of ether oxygens (including phenoxy) is 7. The van der Waals surface area contributed by atoms with E-state index in [4.69, 9.17) is 41.5 Å². The van der Waals surface area contributed by atoms with Crippen LogP contribution in [0.2, 0.25) is 0 Å². The molecule has 486 valence electrons. The number of carbonyl (C=O) groups excluding carboxylic acids is 7. The summed E-state index contributed by atoms with van der Waals surface area (Å²) in [5.41, 5.74) is 0.660. The largest absolute Gasteiger partial charge is 0.465 e. The van der Waals surface area contributed by atoms with Crippen LogP contribution < -0.4 is 0 Å². The maximum atomic E-state index is 12.0. The topological polar surface area (TPSA) is 271 Å². The number of rotatable bonds is 14. The predicted molar refractivity (Wildman–Crippen MR) is 319 cm³/mol. The Hall–Kier alpha value is -5.19. The molecule has 0 aromatic carbocycles. The van der Waals surface area contributed by atoms with Gasteiger partial charge in [0.1, 0.15) is 41.2 Å². The number of hydrogen-bond acceptors (Lipinski definition) is 20. The van der Waals surface area contributed by atoms with Crippen LogP contribution in [0.15, 0.2) is 60.8 Å². The molecule has 0 N–H and O–H groups in total. The first-order chi connectivity index (χ1) is 40.3.